The number of ether oxygens (including phenoxy) is 2. The van der Waals surface area contributed by atoms with E-state index < -0.39 is 36.1 Å². The standard InChI is InChI=1S/C13H13F3N2O5/c1-7(10(19)18-12(21)17-2)22-11(20)8-3-5-9(6-4-8)23-13(14,15)16/h3-7H,1-2H3,(H2,17,18,19,21). The van der Waals surface area contributed by atoms with Crippen molar-refractivity contribution in [3.05, 3.63) is 29.8 Å². The van der Waals surface area contributed by atoms with Gasteiger partial charge in [0.05, 0.1) is 5.56 Å². The van der Waals surface area contributed by atoms with Gasteiger partial charge in [-0.05, 0) is 31.2 Å². The molecule has 126 valence electrons. The van der Waals surface area contributed by atoms with Crippen molar-refractivity contribution >= 4 is 17.9 Å². The van der Waals surface area contributed by atoms with Crippen LogP contribution in [0.25, 0.3) is 0 Å². The summed E-state index contributed by atoms with van der Waals surface area (Å²) in [6, 6.07) is 3.18. The van der Waals surface area contributed by atoms with Crippen molar-refractivity contribution in [1.29, 1.82) is 0 Å². The Morgan fingerprint density at radius 3 is 2.17 bits per heavy atom. The average molecular weight is 334 g/mol. The van der Waals surface area contributed by atoms with E-state index in [0.29, 0.717) is 0 Å². The van der Waals surface area contributed by atoms with Crippen LogP contribution < -0.4 is 15.4 Å². The van der Waals surface area contributed by atoms with Crippen LogP contribution in [0, 0.1) is 0 Å². The molecule has 0 radical (unpaired) electrons. The summed E-state index contributed by atoms with van der Waals surface area (Å²) in [7, 11) is 1.30. The van der Waals surface area contributed by atoms with Gasteiger partial charge in [-0.3, -0.25) is 10.1 Å². The molecule has 23 heavy (non-hydrogen) atoms. The molecule has 0 aliphatic carbocycles. The molecule has 0 aromatic heterocycles. The van der Waals surface area contributed by atoms with Gasteiger partial charge in [0, 0.05) is 7.05 Å². The molecule has 1 aromatic rings. The van der Waals surface area contributed by atoms with Crippen molar-refractivity contribution in [3.63, 3.8) is 0 Å². The second kappa shape index (κ2) is 7.47. The van der Waals surface area contributed by atoms with Crippen molar-refractivity contribution in [2.24, 2.45) is 0 Å². The van der Waals surface area contributed by atoms with E-state index in [-0.39, 0.29) is 5.56 Å². The molecule has 1 aromatic carbocycles. The van der Waals surface area contributed by atoms with Crippen molar-refractivity contribution in [2.75, 3.05) is 7.05 Å². The largest absolute Gasteiger partial charge is 0.573 e. The highest BCUT2D eigenvalue weighted by Gasteiger charge is 2.31. The third-order valence-electron chi connectivity index (χ3n) is 2.44. The van der Waals surface area contributed by atoms with E-state index in [1.807, 2.05) is 5.32 Å². The molecule has 0 fully saturated rings. The maximum Gasteiger partial charge on any atom is 0.573 e. The monoisotopic (exact) mass is 334 g/mol. The van der Waals surface area contributed by atoms with Crippen LogP contribution in [0.15, 0.2) is 24.3 Å². The lowest BCUT2D eigenvalue weighted by Gasteiger charge is -2.13. The Bertz CT molecular complexity index is 586. The molecule has 1 unspecified atom stereocenters. The first-order chi connectivity index (χ1) is 10.6. The number of hydrogen-bond donors (Lipinski definition) is 2. The lowest BCUT2D eigenvalue weighted by atomic mass is 10.2. The minimum Gasteiger partial charge on any atom is -0.449 e. The molecule has 0 heterocycles. The summed E-state index contributed by atoms with van der Waals surface area (Å²) >= 11 is 0. The average Bonchev–Trinajstić information content (AvgIpc) is 2.45. The maximum absolute atomic E-state index is 12.0. The van der Waals surface area contributed by atoms with Crippen molar-refractivity contribution in [2.45, 2.75) is 19.4 Å². The third kappa shape index (κ3) is 6.24. The number of carbonyl (C=O) groups excluding carboxylic acids is 3. The van der Waals surface area contributed by atoms with Crippen LogP contribution in [0.4, 0.5) is 18.0 Å². The van der Waals surface area contributed by atoms with Crippen molar-refractivity contribution < 1.29 is 37.0 Å². The number of benzene rings is 1. The molecule has 3 amide bonds. The van der Waals surface area contributed by atoms with Crippen LogP contribution in [0.5, 0.6) is 5.75 Å². The number of halogens is 3. The van der Waals surface area contributed by atoms with Crippen molar-refractivity contribution in [1.82, 2.24) is 10.6 Å². The second-order valence-electron chi connectivity index (χ2n) is 4.19. The fourth-order valence-electron chi connectivity index (χ4n) is 1.35. The van der Waals surface area contributed by atoms with E-state index >= 15 is 0 Å². The normalized spacial score (nSPS) is 12.0. The molecule has 0 aliphatic rings. The van der Waals surface area contributed by atoms with Crippen LogP contribution in [0.2, 0.25) is 0 Å². The molecule has 7 nitrogen and oxygen atoms in total. The predicted octanol–water partition coefficient (Wildman–Crippen LogP) is 1.59. The summed E-state index contributed by atoms with van der Waals surface area (Å²) in [4.78, 5) is 34.2. The molecule has 0 aliphatic heterocycles. The lowest BCUT2D eigenvalue weighted by Crippen LogP contribution is -2.43. The van der Waals surface area contributed by atoms with Gasteiger partial charge in [-0.25, -0.2) is 9.59 Å². The molecular weight excluding hydrogens is 321 g/mol. The molecule has 2 N–H and O–H groups in total. The van der Waals surface area contributed by atoms with Gasteiger partial charge in [0.15, 0.2) is 6.10 Å². The van der Waals surface area contributed by atoms with Crippen LogP contribution in [-0.2, 0) is 9.53 Å². The molecule has 0 bridgehead atoms. The number of hydrogen-bond acceptors (Lipinski definition) is 5. The number of esters is 1. The first-order valence-electron chi connectivity index (χ1n) is 6.21. The highest BCUT2D eigenvalue weighted by Crippen LogP contribution is 2.22. The van der Waals surface area contributed by atoms with Crippen LogP contribution in [0.1, 0.15) is 17.3 Å². The molecule has 0 spiro atoms. The van der Waals surface area contributed by atoms with Crippen LogP contribution in [-0.4, -0.2) is 37.4 Å². The summed E-state index contributed by atoms with van der Waals surface area (Å²) in [6.45, 7) is 1.23. The quantitative estimate of drug-likeness (QED) is 0.816. The van der Waals surface area contributed by atoms with Crippen LogP contribution in [0.3, 0.4) is 0 Å². The smallest absolute Gasteiger partial charge is 0.449 e. The van der Waals surface area contributed by atoms with E-state index in [4.69, 9.17) is 4.74 Å². The summed E-state index contributed by atoms with van der Waals surface area (Å²) < 4.78 is 44.5. The summed E-state index contributed by atoms with van der Waals surface area (Å²) in [5.74, 6) is -2.29. The van der Waals surface area contributed by atoms with Gasteiger partial charge in [0.2, 0.25) is 0 Å². The van der Waals surface area contributed by atoms with Gasteiger partial charge in [0.25, 0.3) is 5.91 Å². The van der Waals surface area contributed by atoms with Gasteiger partial charge in [-0.15, -0.1) is 13.2 Å². The first-order valence-corrected chi connectivity index (χ1v) is 6.21. The first kappa shape index (κ1) is 18.3. The van der Waals surface area contributed by atoms with Gasteiger partial charge >= 0.3 is 18.4 Å². The highest BCUT2D eigenvalue weighted by molar-refractivity contribution is 5.98. The summed E-state index contributed by atoms with van der Waals surface area (Å²) in [6.07, 6.45) is -6.11. The fourth-order valence-corrected chi connectivity index (χ4v) is 1.35. The molecular formula is C13H13F3N2O5. The number of imide groups is 1. The van der Waals surface area contributed by atoms with Gasteiger partial charge < -0.3 is 14.8 Å². The number of urea groups is 1. The number of alkyl halides is 3. The van der Waals surface area contributed by atoms with E-state index in [2.05, 4.69) is 10.1 Å². The highest BCUT2D eigenvalue weighted by atomic mass is 19.4. The molecule has 10 heteroatoms. The zero-order valence-electron chi connectivity index (χ0n) is 12.1. The second-order valence-corrected chi connectivity index (χ2v) is 4.19. The Kier molecular flexibility index (Phi) is 5.94. The number of carbonyl (C=O) groups is 3. The SMILES string of the molecule is CNC(=O)NC(=O)C(C)OC(=O)c1ccc(OC(F)(F)F)cc1. The predicted molar refractivity (Wildman–Crippen MR) is 70.6 cm³/mol. The van der Waals surface area contributed by atoms with E-state index in [1.165, 1.54) is 14.0 Å². The van der Waals surface area contributed by atoms with E-state index in [0.717, 1.165) is 24.3 Å². The Hall–Kier alpha value is -2.78. The zero-order valence-corrected chi connectivity index (χ0v) is 12.1. The topological polar surface area (TPSA) is 93.7 Å². The van der Waals surface area contributed by atoms with E-state index in [1.54, 1.807) is 0 Å². The lowest BCUT2D eigenvalue weighted by molar-refractivity contribution is -0.274. The summed E-state index contributed by atoms with van der Waals surface area (Å²) in [5, 5.41) is 4.05. The van der Waals surface area contributed by atoms with Gasteiger partial charge in [-0.2, -0.15) is 0 Å². The number of nitrogens with one attached hydrogen (secondary N) is 2. The molecule has 0 saturated heterocycles. The number of amides is 3. The Morgan fingerprint density at radius 1 is 1.13 bits per heavy atom. The zero-order chi connectivity index (χ0) is 17.6. The minimum atomic E-state index is -4.84. The maximum atomic E-state index is 12.0. The van der Waals surface area contributed by atoms with Gasteiger partial charge in [-0.1, -0.05) is 0 Å². The Morgan fingerprint density at radius 2 is 1.70 bits per heavy atom. The van der Waals surface area contributed by atoms with Crippen LogP contribution >= 0.6 is 0 Å². The molecule has 0 saturated carbocycles. The number of rotatable bonds is 4. The van der Waals surface area contributed by atoms with Crippen molar-refractivity contribution in [3.8, 4) is 5.75 Å². The molecule has 1 atom stereocenters. The van der Waals surface area contributed by atoms with Gasteiger partial charge in [0.1, 0.15) is 5.75 Å². The Balaban J connectivity index is 2.64. The Labute approximate surface area is 128 Å². The minimum absolute atomic E-state index is 0.0842. The third-order valence-corrected chi connectivity index (χ3v) is 2.44. The van der Waals surface area contributed by atoms with E-state index in [9.17, 15) is 27.6 Å². The fraction of sp³-hybridized carbons (Fsp3) is 0.308. The molecule has 1 rings (SSSR count). The summed E-state index contributed by atoms with van der Waals surface area (Å²) in [5.41, 5.74) is -0.0842.